The maximum absolute atomic E-state index is 11.4. The van der Waals surface area contributed by atoms with Crippen LogP contribution >= 0.6 is 0 Å². The Hall–Kier alpha value is -3.21. The number of anilines is 3. The van der Waals surface area contributed by atoms with Crippen molar-refractivity contribution in [3.8, 4) is 0 Å². The normalized spacial score (nSPS) is 10.4. The van der Waals surface area contributed by atoms with Gasteiger partial charge in [0.25, 0.3) is 0 Å². The minimum absolute atomic E-state index is 0.0529. The molecule has 0 atom stereocenters. The standard InChI is InChI=1S/C21H22N4O/c1-14-6-4-5-7-18(14)13-22-21-23-15(2)12-20(25-21)24-19-10-8-17(9-11-19)16(3)26/h4-12H,13H2,1-3H3,(H2,22,23,24,25). The third-order valence-electron chi connectivity index (χ3n) is 4.12. The van der Waals surface area contributed by atoms with E-state index in [1.807, 2.05) is 37.3 Å². The number of ketones is 1. The highest BCUT2D eigenvalue weighted by atomic mass is 16.1. The molecule has 2 aromatic carbocycles. The number of carbonyl (C=O) groups is 1. The summed E-state index contributed by atoms with van der Waals surface area (Å²) < 4.78 is 0. The van der Waals surface area contributed by atoms with Gasteiger partial charge < -0.3 is 10.6 Å². The smallest absolute Gasteiger partial charge is 0.225 e. The van der Waals surface area contributed by atoms with Crippen LogP contribution < -0.4 is 10.6 Å². The fourth-order valence-electron chi connectivity index (χ4n) is 2.63. The Morgan fingerprint density at radius 2 is 1.73 bits per heavy atom. The van der Waals surface area contributed by atoms with Crippen LogP contribution in [0.25, 0.3) is 0 Å². The minimum Gasteiger partial charge on any atom is -0.350 e. The second-order valence-electron chi connectivity index (χ2n) is 6.26. The monoisotopic (exact) mass is 346 g/mol. The van der Waals surface area contributed by atoms with Crippen molar-refractivity contribution in [3.63, 3.8) is 0 Å². The van der Waals surface area contributed by atoms with Crippen molar-refractivity contribution in [2.45, 2.75) is 27.3 Å². The molecule has 0 spiro atoms. The van der Waals surface area contributed by atoms with Crippen molar-refractivity contribution in [1.82, 2.24) is 9.97 Å². The summed E-state index contributed by atoms with van der Waals surface area (Å²) in [7, 11) is 0. The van der Waals surface area contributed by atoms with Gasteiger partial charge in [0.2, 0.25) is 5.95 Å². The van der Waals surface area contributed by atoms with Crippen LogP contribution in [-0.4, -0.2) is 15.8 Å². The first-order valence-corrected chi connectivity index (χ1v) is 8.53. The summed E-state index contributed by atoms with van der Waals surface area (Å²) in [6.45, 7) is 6.25. The molecule has 0 aliphatic rings. The number of rotatable bonds is 6. The van der Waals surface area contributed by atoms with E-state index in [0.717, 1.165) is 11.4 Å². The number of Topliss-reactive ketones (excluding diaryl/α,β-unsaturated/α-hetero) is 1. The predicted molar refractivity (Wildman–Crippen MR) is 105 cm³/mol. The number of nitrogens with one attached hydrogen (secondary N) is 2. The third kappa shape index (κ3) is 4.45. The maximum atomic E-state index is 11.4. The van der Waals surface area contributed by atoms with Gasteiger partial charge in [0.15, 0.2) is 5.78 Å². The molecule has 1 aromatic heterocycles. The Morgan fingerprint density at radius 3 is 2.42 bits per heavy atom. The molecule has 1 heterocycles. The molecule has 5 heteroatoms. The molecule has 0 aliphatic heterocycles. The Kier molecular flexibility index (Phi) is 5.27. The minimum atomic E-state index is 0.0529. The molecule has 0 bridgehead atoms. The lowest BCUT2D eigenvalue weighted by Crippen LogP contribution is -2.07. The first kappa shape index (κ1) is 17.6. The van der Waals surface area contributed by atoms with E-state index in [9.17, 15) is 4.79 Å². The van der Waals surface area contributed by atoms with Crippen LogP contribution in [0.1, 0.15) is 34.1 Å². The molecule has 5 nitrogen and oxygen atoms in total. The quantitative estimate of drug-likeness (QED) is 0.636. The summed E-state index contributed by atoms with van der Waals surface area (Å²) in [5.74, 6) is 1.34. The number of benzene rings is 2. The Balaban J connectivity index is 1.73. The fourth-order valence-corrected chi connectivity index (χ4v) is 2.63. The molecule has 2 N–H and O–H groups in total. The number of hydrogen-bond acceptors (Lipinski definition) is 5. The Morgan fingerprint density at radius 1 is 1.00 bits per heavy atom. The molecule has 0 aliphatic carbocycles. The van der Waals surface area contributed by atoms with Crippen LogP contribution in [0.15, 0.2) is 54.6 Å². The summed E-state index contributed by atoms with van der Waals surface area (Å²) in [4.78, 5) is 20.3. The van der Waals surface area contributed by atoms with Gasteiger partial charge in [0.1, 0.15) is 5.82 Å². The molecule has 132 valence electrons. The van der Waals surface area contributed by atoms with Gasteiger partial charge in [-0.15, -0.1) is 0 Å². The highest BCUT2D eigenvalue weighted by Gasteiger charge is 2.05. The molecule has 0 radical (unpaired) electrons. The van der Waals surface area contributed by atoms with Gasteiger partial charge in [-0.2, -0.15) is 4.98 Å². The molecule has 3 aromatic rings. The van der Waals surface area contributed by atoms with Crippen LogP contribution in [0.2, 0.25) is 0 Å². The van der Waals surface area contributed by atoms with Crippen LogP contribution in [0.4, 0.5) is 17.5 Å². The van der Waals surface area contributed by atoms with Crippen LogP contribution in [0, 0.1) is 13.8 Å². The Bertz CT molecular complexity index is 920. The highest BCUT2D eigenvalue weighted by Crippen LogP contribution is 2.18. The van der Waals surface area contributed by atoms with E-state index in [1.165, 1.54) is 11.1 Å². The van der Waals surface area contributed by atoms with Gasteiger partial charge in [0, 0.05) is 29.6 Å². The lowest BCUT2D eigenvalue weighted by Gasteiger charge is -2.11. The zero-order valence-electron chi connectivity index (χ0n) is 15.2. The highest BCUT2D eigenvalue weighted by molar-refractivity contribution is 5.94. The number of hydrogen-bond donors (Lipinski definition) is 2. The van der Waals surface area contributed by atoms with E-state index >= 15 is 0 Å². The molecule has 0 unspecified atom stereocenters. The van der Waals surface area contributed by atoms with Gasteiger partial charge in [-0.05, 0) is 56.2 Å². The first-order chi connectivity index (χ1) is 12.5. The molecular formula is C21H22N4O. The molecule has 0 fully saturated rings. The topological polar surface area (TPSA) is 66.9 Å². The third-order valence-corrected chi connectivity index (χ3v) is 4.12. The summed E-state index contributed by atoms with van der Waals surface area (Å²) in [6, 6.07) is 17.5. The van der Waals surface area contributed by atoms with Gasteiger partial charge in [-0.1, -0.05) is 24.3 Å². The SMILES string of the molecule is CC(=O)c1ccc(Nc2cc(C)nc(NCc3ccccc3C)n2)cc1. The van der Waals surface area contributed by atoms with Crippen molar-refractivity contribution < 1.29 is 4.79 Å². The van der Waals surface area contributed by atoms with Crippen LogP contribution in [0.5, 0.6) is 0 Å². The summed E-state index contributed by atoms with van der Waals surface area (Å²) in [5.41, 5.74) is 4.88. The second-order valence-corrected chi connectivity index (χ2v) is 6.26. The van der Waals surface area contributed by atoms with E-state index in [0.29, 0.717) is 23.9 Å². The number of nitrogens with zero attached hydrogens (tertiary/aromatic N) is 2. The van der Waals surface area contributed by atoms with E-state index in [2.05, 4.69) is 39.7 Å². The average Bonchev–Trinajstić information content (AvgIpc) is 2.61. The van der Waals surface area contributed by atoms with Crippen LogP contribution in [0.3, 0.4) is 0 Å². The van der Waals surface area contributed by atoms with Crippen molar-refractivity contribution >= 4 is 23.2 Å². The molecule has 0 saturated heterocycles. The van der Waals surface area contributed by atoms with Crippen molar-refractivity contribution in [2.24, 2.45) is 0 Å². The van der Waals surface area contributed by atoms with Crippen molar-refractivity contribution in [1.29, 1.82) is 0 Å². The number of carbonyl (C=O) groups excluding carboxylic acids is 1. The lowest BCUT2D eigenvalue weighted by atomic mass is 10.1. The largest absolute Gasteiger partial charge is 0.350 e. The van der Waals surface area contributed by atoms with Gasteiger partial charge in [-0.25, -0.2) is 4.98 Å². The predicted octanol–water partition coefficient (Wildman–Crippen LogP) is 4.65. The van der Waals surface area contributed by atoms with E-state index in [1.54, 1.807) is 19.1 Å². The summed E-state index contributed by atoms with van der Waals surface area (Å²) in [5, 5.41) is 6.54. The summed E-state index contributed by atoms with van der Waals surface area (Å²) in [6.07, 6.45) is 0. The van der Waals surface area contributed by atoms with E-state index in [4.69, 9.17) is 0 Å². The first-order valence-electron chi connectivity index (χ1n) is 8.53. The zero-order valence-corrected chi connectivity index (χ0v) is 15.2. The maximum Gasteiger partial charge on any atom is 0.225 e. The van der Waals surface area contributed by atoms with Gasteiger partial charge in [0.05, 0.1) is 0 Å². The Labute approximate surface area is 153 Å². The number of aryl methyl sites for hydroxylation is 2. The lowest BCUT2D eigenvalue weighted by molar-refractivity contribution is 0.101. The second kappa shape index (κ2) is 7.78. The molecular weight excluding hydrogens is 324 g/mol. The zero-order chi connectivity index (χ0) is 18.5. The molecule has 0 amide bonds. The van der Waals surface area contributed by atoms with E-state index in [-0.39, 0.29) is 5.78 Å². The molecule has 26 heavy (non-hydrogen) atoms. The van der Waals surface area contributed by atoms with Crippen molar-refractivity contribution in [2.75, 3.05) is 10.6 Å². The average molecular weight is 346 g/mol. The van der Waals surface area contributed by atoms with E-state index < -0.39 is 0 Å². The number of aromatic nitrogens is 2. The van der Waals surface area contributed by atoms with Crippen molar-refractivity contribution in [3.05, 3.63) is 77.0 Å². The van der Waals surface area contributed by atoms with Gasteiger partial charge in [-0.3, -0.25) is 4.79 Å². The summed E-state index contributed by atoms with van der Waals surface area (Å²) >= 11 is 0. The molecule has 3 rings (SSSR count). The fraction of sp³-hybridized carbons (Fsp3) is 0.190. The van der Waals surface area contributed by atoms with Crippen LogP contribution in [-0.2, 0) is 6.54 Å². The molecule has 0 saturated carbocycles. The van der Waals surface area contributed by atoms with Gasteiger partial charge >= 0.3 is 0 Å².